The molecule has 0 unspecified atom stereocenters. The molecule has 0 spiro atoms. The van der Waals surface area contributed by atoms with Gasteiger partial charge in [0.1, 0.15) is 6.04 Å². The molecule has 1 atom stereocenters. The molecule has 7 heteroatoms. The fourth-order valence-corrected chi connectivity index (χ4v) is 2.30. The van der Waals surface area contributed by atoms with Gasteiger partial charge < -0.3 is 14.8 Å². The average molecular weight is 356 g/mol. The number of carbonyl (C=O) groups is 3. The first-order valence-electron chi connectivity index (χ1n) is 7.91. The van der Waals surface area contributed by atoms with Gasteiger partial charge in [0.05, 0.1) is 14.2 Å². The number of anilines is 1. The van der Waals surface area contributed by atoms with Crippen LogP contribution in [0.2, 0.25) is 0 Å². The molecule has 0 aromatic heterocycles. The molecule has 0 radical (unpaired) electrons. The number of ether oxygens (including phenoxy) is 2. The van der Waals surface area contributed by atoms with E-state index in [1.807, 2.05) is 30.3 Å². The Kier molecular flexibility index (Phi) is 6.73. The van der Waals surface area contributed by atoms with Crippen molar-refractivity contribution >= 4 is 23.7 Å². The number of hydrogen-bond donors (Lipinski definition) is 2. The number of benzene rings is 2. The van der Waals surface area contributed by atoms with Crippen molar-refractivity contribution in [2.75, 3.05) is 19.5 Å². The van der Waals surface area contributed by atoms with Crippen LogP contribution in [0, 0.1) is 0 Å². The van der Waals surface area contributed by atoms with E-state index in [1.165, 1.54) is 26.4 Å². The molecule has 0 fully saturated rings. The third-order valence-corrected chi connectivity index (χ3v) is 3.65. The van der Waals surface area contributed by atoms with E-state index < -0.39 is 24.0 Å². The Morgan fingerprint density at radius 1 is 0.923 bits per heavy atom. The van der Waals surface area contributed by atoms with Crippen LogP contribution in [0.3, 0.4) is 0 Å². The summed E-state index contributed by atoms with van der Waals surface area (Å²) in [5.74, 6) is -0.938. The van der Waals surface area contributed by atoms with Gasteiger partial charge in [-0.1, -0.05) is 30.3 Å². The third-order valence-electron chi connectivity index (χ3n) is 3.65. The Hall–Kier alpha value is -3.35. The minimum Gasteiger partial charge on any atom is -0.467 e. The van der Waals surface area contributed by atoms with Gasteiger partial charge >= 0.3 is 12.1 Å². The van der Waals surface area contributed by atoms with Gasteiger partial charge in [-0.3, -0.25) is 10.1 Å². The molecular formula is C19H20N2O5. The van der Waals surface area contributed by atoms with Gasteiger partial charge in [0.25, 0.3) is 5.91 Å². The summed E-state index contributed by atoms with van der Waals surface area (Å²) in [6, 6.07) is 14.7. The molecule has 2 aromatic rings. The van der Waals surface area contributed by atoms with Crippen LogP contribution in [0.4, 0.5) is 10.5 Å². The maximum atomic E-state index is 12.4. The zero-order valence-electron chi connectivity index (χ0n) is 14.5. The van der Waals surface area contributed by atoms with E-state index in [2.05, 4.69) is 15.4 Å². The molecule has 0 aliphatic carbocycles. The van der Waals surface area contributed by atoms with Crippen molar-refractivity contribution in [3.63, 3.8) is 0 Å². The highest BCUT2D eigenvalue weighted by molar-refractivity contribution is 5.97. The van der Waals surface area contributed by atoms with Gasteiger partial charge in [-0.25, -0.2) is 9.59 Å². The van der Waals surface area contributed by atoms with Gasteiger partial charge in [0.2, 0.25) is 0 Å². The summed E-state index contributed by atoms with van der Waals surface area (Å²) in [6.07, 6.45) is -0.280. The lowest BCUT2D eigenvalue weighted by Gasteiger charge is -2.17. The molecule has 26 heavy (non-hydrogen) atoms. The fourth-order valence-electron chi connectivity index (χ4n) is 2.30. The number of rotatable bonds is 6. The second-order valence-electron chi connectivity index (χ2n) is 5.43. The minimum absolute atomic E-state index is 0.321. The zero-order chi connectivity index (χ0) is 18.9. The predicted octanol–water partition coefficient (Wildman–Crippen LogP) is 2.38. The van der Waals surface area contributed by atoms with Gasteiger partial charge in [-0.05, 0) is 29.8 Å². The van der Waals surface area contributed by atoms with Crippen molar-refractivity contribution in [1.29, 1.82) is 0 Å². The molecule has 2 amide bonds. The molecule has 2 aromatic carbocycles. The molecular weight excluding hydrogens is 336 g/mol. The lowest BCUT2D eigenvalue weighted by molar-refractivity contribution is -0.142. The van der Waals surface area contributed by atoms with E-state index in [9.17, 15) is 14.4 Å². The average Bonchev–Trinajstić information content (AvgIpc) is 2.68. The lowest BCUT2D eigenvalue weighted by Crippen LogP contribution is -2.43. The first-order chi connectivity index (χ1) is 12.5. The zero-order valence-corrected chi connectivity index (χ0v) is 14.5. The van der Waals surface area contributed by atoms with Crippen molar-refractivity contribution < 1.29 is 23.9 Å². The summed E-state index contributed by atoms with van der Waals surface area (Å²) in [4.78, 5) is 35.6. The quantitative estimate of drug-likeness (QED) is 0.775. The van der Waals surface area contributed by atoms with Crippen LogP contribution < -0.4 is 10.6 Å². The molecule has 0 aliphatic rings. The van der Waals surface area contributed by atoms with Crippen molar-refractivity contribution in [1.82, 2.24) is 5.32 Å². The van der Waals surface area contributed by atoms with Crippen LogP contribution in [0.1, 0.15) is 15.9 Å². The number of methoxy groups -OCH3 is 2. The molecule has 0 saturated heterocycles. The number of esters is 1. The summed E-state index contributed by atoms with van der Waals surface area (Å²) in [5, 5.41) is 5.17. The highest BCUT2D eigenvalue weighted by atomic mass is 16.5. The van der Waals surface area contributed by atoms with Crippen LogP contribution >= 0.6 is 0 Å². The molecule has 2 N–H and O–H groups in total. The van der Waals surface area contributed by atoms with Crippen LogP contribution in [-0.4, -0.2) is 38.2 Å². The van der Waals surface area contributed by atoms with Crippen LogP contribution in [0.5, 0.6) is 0 Å². The number of nitrogens with one attached hydrogen (secondary N) is 2. The van der Waals surface area contributed by atoms with E-state index in [-0.39, 0.29) is 0 Å². The summed E-state index contributed by atoms with van der Waals surface area (Å²) < 4.78 is 9.28. The van der Waals surface area contributed by atoms with Gasteiger partial charge in [0.15, 0.2) is 0 Å². The molecule has 0 aliphatic heterocycles. The van der Waals surface area contributed by atoms with Crippen LogP contribution in [0.25, 0.3) is 0 Å². The van der Waals surface area contributed by atoms with E-state index in [0.717, 1.165) is 5.56 Å². The van der Waals surface area contributed by atoms with Crippen molar-refractivity contribution in [2.45, 2.75) is 12.5 Å². The van der Waals surface area contributed by atoms with E-state index >= 15 is 0 Å². The lowest BCUT2D eigenvalue weighted by atomic mass is 10.1. The van der Waals surface area contributed by atoms with Crippen LogP contribution in [0.15, 0.2) is 54.6 Å². The van der Waals surface area contributed by atoms with Gasteiger partial charge in [-0.2, -0.15) is 0 Å². The Bertz CT molecular complexity index is 759. The first kappa shape index (κ1) is 19.0. The Labute approximate surface area is 151 Å². The highest BCUT2D eigenvalue weighted by Gasteiger charge is 2.22. The summed E-state index contributed by atoms with van der Waals surface area (Å²) in [5.41, 5.74) is 1.74. The van der Waals surface area contributed by atoms with Gasteiger partial charge in [-0.15, -0.1) is 0 Å². The maximum absolute atomic E-state index is 12.4. The van der Waals surface area contributed by atoms with Crippen molar-refractivity contribution in [2.24, 2.45) is 0 Å². The Balaban J connectivity index is 2.06. The van der Waals surface area contributed by atoms with E-state index in [1.54, 1.807) is 12.1 Å². The number of amides is 2. The largest absolute Gasteiger partial charge is 0.467 e. The van der Waals surface area contributed by atoms with E-state index in [4.69, 9.17) is 4.74 Å². The smallest absolute Gasteiger partial charge is 0.411 e. The van der Waals surface area contributed by atoms with Gasteiger partial charge in [0, 0.05) is 17.7 Å². The number of carbonyl (C=O) groups excluding carboxylic acids is 3. The Morgan fingerprint density at radius 2 is 1.58 bits per heavy atom. The van der Waals surface area contributed by atoms with Crippen molar-refractivity contribution in [3.05, 3.63) is 65.7 Å². The summed E-state index contributed by atoms with van der Waals surface area (Å²) in [7, 11) is 2.54. The third kappa shape index (κ3) is 5.34. The normalized spacial score (nSPS) is 11.2. The van der Waals surface area contributed by atoms with Crippen molar-refractivity contribution in [3.8, 4) is 0 Å². The molecule has 0 heterocycles. The topological polar surface area (TPSA) is 93.7 Å². The maximum Gasteiger partial charge on any atom is 0.411 e. The standard InChI is InChI=1S/C19H20N2O5/c1-25-18(23)16(12-13-6-4-3-5-7-13)21-17(22)14-8-10-15(11-9-14)20-19(24)26-2/h3-11,16H,12H2,1-2H3,(H,20,24)(H,21,22)/t16-/m0/s1. The SMILES string of the molecule is COC(=O)Nc1ccc(C(=O)N[C@@H](Cc2ccccc2)C(=O)OC)cc1. The molecule has 0 saturated carbocycles. The molecule has 136 valence electrons. The van der Waals surface area contributed by atoms with E-state index in [0.29, 0.717) is 17.7 Å². The van der Waals surface area contributed by atoms with Crippen LogP contribution in [-0.2, 0) is 20.7 Å². The highest BCUT2D eigenvalue weighted by Crippen LogP contribution is 2.11. The second-order valence-corrected chi connectivity index (χ2v) is 5.43. The molecule has 2 rings (SSSR count). The summed E-state index contributed by atoms with van der Waals surface area (Å²) >= 11 is 0. The first-order valence-corrected chi connectivity index (χ1v) is 7.91. The second kappa shape index (κ2) is 9.22. The number of hydrogen-bond acceptors (Lipinski definition) is 5. The predicted molar refractivity (Wildman–Crippen MR) is 95.9 cm³/mol. The Morgan fingerprint density at radius 3 is 2.15 bits per heavy atom. The fraction of sp³-hybridized carbons (Fsp3) is 0.211. The monoisotopic (exact) mass is 356 g/mol. The molecule has 0 bridgehead atoms. The minimum atomic E-state index is -0.803. The molecule has 7 nitrogen and oxygen atoms in total. The summed E-state index contributed by atoms with van der Waals surface area (Å²) in [6.45, 7) is 0.